The number of thiocarbonyl (C=S) groups is 1. The molecule has 0 unspecified atom stereocenters. The van der Waals surface area contributed by atoms with Crippen molar-refractivity contribution in [3.63, 3.8) is 0 Å². The van der Waals surface area contributed by atoms with Gasteiger partial charge < -0.3 is 20.5 Å². The fourth-order valence-electron chi connectivity index (χ4n) is 1.46. The lowest BCUT2D eigenvalue weighted by Gasteiger charge is -2.13. The van der Waals surface area contributed by atoms with E-state index in [-0.39, 0.29) is 11.0 Å². The molecule has 0 saturated heterocycles. The Morgan fingerprint density at radius 3 is 2.71 bits per heavy atom. The minimum Gasteiger partial charge on any atom is -0.495 e. The summed E-state index contributed by atoms with van der Waals surface area (Å²) in [4.78, 5) is 21.8. The lowest BCUT2D eigenvalue weighted by molar-refractivity contribution is -0.131. The third kappa shape index (κ3) is 5.62. The fourth-order valence-corrected chi connectivity index (χ4v) is 1.69. The van der Waals surface area contributed by atoms with Crippen molar-refractivity contribution in [3.05, 3.63) is 29.8 Å². The molecule has 3 N–H and O–H groups in total. The van der Waals surface area contributed by atoms with Crippen LogP contribution in [0.15, 0.2) is 24.3 Å². The van der Waals surface area contributed by atoms with Gasteiger partial charge in [-0.15, -0.1) is 0 Å². The van der Waals surface area contributed by atoms with Crippen LogP contribution in [0.2, 0.25) is 0 Å². The Hall–Kier alpha value is -2.41. The molecule has 0 radical (unpaired) electrons. The minimum absolute atomic E-state index is 0.152. The Kier molecular flexibility index (Phi) is 6.35. The fraction of sp³-hybridized carbons (Fsp3) is 0.214. The first-order valence-corrected chi connectivity index (χ1v) is 6.57. The average Bonchev–Trinajstić information content (AvgIpc) is 2.45. The second kappa shape index (κ2) is 8.01. The lowest BCUT2D eigenvalue weighted by atomic mass is 10.1. The monoisotopic (exact) mass is 308 g/mol. The normalized spacial score (nSPS) is 10.2. The van der Waals surface area contributed by atoms with Crippen molar-refractivity contribution in [2.24, 2.45) is 0 Å². The van der Waals surface area contributed by atoms with Crippen LogP contribution in [-0.4, -0.2) is 29.2 Å². The van der Waals surface area contributed by atoms with Crippen molar-refractivity contribution < 1.29 is 19.4 Å². The molecule has 0 spiro atoms. The van der Waals surface area contributed by atoms with Crippen LogP contribution in [-0.2, 0) is 9.59 Å². The van der Waals surface area contributed by atoms with E-state index in [9.17, 15) is 9.59 Å². The van der Waals surface area contributed by atoms with Crippen LogP contribution in [0.25, 0.3) is 6.08 Å². The number of carboxylic acid groups (broad SMARTS) is 1. The van der Waals surface area contributed by atoms with Crippen LogP contribution in [0.1, 0.15) is 18.9 Å². The lowest BCUT2D eigenvalue weighted by Crippen LogP contribution is -2.33. The number of methoxy groups -OCH3 is 1. The predicted molar refractivity (Wildman–Crippen MR) is 84.3 cm³/mol. The van der Waals surface area contributed by atoms with Gasteiger partial charge in [-0.25, -0.2) is 4.79 Å². The van der Waals surface area contributed by atoms with E-state index < -0.39 is 5.97 Å². The van der Waals surface area contributed by atoms with E-state index in [0.717, 1.165) is 6.08 Å². The maximum absolute atomic E-state index is 11.3. The van der Waals surface area contributed by atoms with Crippen molar-refractivity contribution in [2.45, 2.75) is 13.3 Å². The average molecular weight is 308 g/mol. The standard InChI is InChI=1S/C14H16N2O4S/c1-3-12(17)16-14(21)15-10-8-9(5-7-13(18)19)4-6-11(10)20-2/h4-8H,3H2,1-2H3,(H,18,19)(H2,15,16,17,21)/b7-5+. The minimum atomic E-state index is -1.04. The van der Waals surface area contributed by atoms with E-state index in [1.807, 2.05) is 0 Å². The van der Waals surface area contributed by atoms with Gasteiger partial charge in [-0.3, -0.25) is 4.79 Å². The van der Waals surface area contributed by atoms with E-state index in [1.165, 1.54) is 13.2 Å². The molecule has 0 bridgehead atoms. The summed E-state index contributed by atoms with van der Waals surface area (Å²) in [5.74, 6) is -0.713. The molecule has 0 atom stereocenters. The number of ether oxygens (including phenoxy) is 1. The quantitative estimate of drug-likeness (QED) is 0.570. The van der Waals surface area contributed by atoms with Gasteiger partial charge in [0.2, 0.25) is 5.91 Å². The van der Waals surface area contributed by atoms with Crippen LogP contribution in [0.3, 0.4) is 0 Å². The first-order valence-electron chi connectivity index (χ1n) is 6.16. The number of hydrogen-bond donors (Lipinski definition) is 3. The van der Waals surface area contributed by atoms with E-state index in [0.29, 0.717) is 23.4 Å². The van der Waals surface area contributed by atoms with Gasteiger partial charge in [0.1, 0.15) is 5.75 Å². The summed E-state index contributed by atoms with van der Waals surface area (Å²) in [6, 6.07) is 5.05. The van der Waals surface area contributed by atoms with Gasteiger partial charge in [-0.05, 0) is 36.0 Å². The number of amides is 1. The highest BCUT2D eigenvalue weighted by Gasteiger charge is 2.07. The summed E-state index contributed by atoms with van der Waals surface area (Å²) >= 11 is 5.02. The highest BCUT2D eigenvalue weighted by atomic mass is 32.1. The van der Waals surface area contributed by atoms with Gasteiger partial charge in [0.05, 0.1) is 12.8 Å². The summed E-state index contributed by atoms with van der Waals surface area (Å²) in [7, 11) is 1.50. The molecule has 1 aromatic carbocycles. The van der Waals surface area contributed by atoms with Crippen LogP contribution < -0.4 is 15.4 Å². The molecule has 1 aromatic rings. The molecule has 7 heteroatoms. The number of benzene rings is 1. The van der Waals surface area contributed by atoms with Gasteiger partial charge >= 0.3 is 5.97 Å². The Morgan fingerprint density at radius 1 is 1.43 bits per heavy atom. The Bertz CT molecular complexity index is 584. The summed E-state index contributed by atoms with van der Waals surface area (Å²) in [6.07, 6.45) is 2.80. The number of nitrogens with one attached hydrogen (secondary N) is 2. The van der Waals surface area contributed by atoms with E-state index in [4.69, 9.17) is 22.1 Å². The molecular formula is C14H16N2O4S. The molecule has 0 aromatic heterocycles. The second-order valence-electron chi connectivity index (χ2n) is 3.99. The summed E-state index contributed by atoms with van der Waals surface area (Å²) in [6.45, 7) is 1.72. The first kappa shape index (κ1) is 16.6. The molecule has 0 heterocycles. The third-order valence-corrected chi connectivity index (χ3v) is 2.67. The predicted octanol–water partition coefficient (Wildman–Crippen LogP) is 2.02. The SMILES string of the molecule is CCC(=O)NC(=S)Nc1cc(/C=C/C(=O)O)ccc1OC. The van der Waals surface area contributed by atoms with Gasteiger partial charge in [0.15, 0.2) is 5.11 Å². The largest absolute Gasteiger partial charge is 0.495 e. The molecule has 6 nitrogen and oxygen atoms in total. The molecule has 0 fully saturated rings. The summed E-state index contributed by atoms with van der Waals surface area (Å²) in [5.41, 5.74) is 1.19. The Balaban J connectivity index is 2.92. The highest BCUT2D eigenvalue weighted by molar-refractivity contribution is 7.80. The number of carbonyl (C=O) groups excluding carboxylic acids is 1. The zero-order valence-electron chi connectivity index (χ0n) is 11.7. The van der Waals surface area contributed by atoms with Crippen molar-refractivity contribution in [2.75, 3.05) is 12.4 Å². The van der Waals surface area contributed by atoms with E-state index in [2.05, 4.69) is 10.6 Å². The molecule has 1 rings (SSSR count). The van der Waals surface area contributed by atoms with Gasteiger partial charge in [-0.2, -0.15) is 0 Å². The van der Waals surface area contributed by atoms with Crippen molar-refractivity contribution in [1.82, 2.24) is 5.32 Å². The van der Waals surface area contributed by atoms with Gasteiger partial charge in [-0.1, -0.05) is 13.0 Å². The molecular weight excluding hydrogens is 292 g/mol. The van der Waals surface area contributed by atoms with Gasteiger partial charge in [0, 0.05) is 12.5 Å². The number of aliphatic carboxylic acids is 1. The van der Waals surface area contributed by atoms with Crippen LogP contribution in [0.5, 0.6) is 5.75 Å². The van der Waals surface area contributed by atoms with E-state index in [1.54, 1.807) is 25.1 Å². The highest BCUT2D eigenvalue weighted by Crippen LogP contribution is 2.26. The first-order chi connectivity index (χ1) is 9.96. The Labute approximate surface area is 127 Å². The molecule has 0 aliphatic heterocycles. The van der Waals surface area contributed by atoms with Crippen molar-refractivity contribution in [3.8, 4) is 5.75 Å². The van der Waals surface area contributed by atoms with E-state index >= 15 is 0 Å². The van der Waals surface area contributed by atoms with Gasteiger partial charge in [0.25, 0.3) is 0 Å². The zero-order valence-corrected chi connectivity index (χ0v) is 12.5. The van der Waals surface area contributed by atoms with Crippen LogP contribution in [0, 0.1) is 0 Å². The number of hydrogen-bond acceptors (Lipinski definition) is 4. The molecule has 21 heavy (non-hydrogen) atoms. The number of rotatable bonds is 5. The molecule has 1 amide bonds. The van der Waals surface area contributed by atoms with Crippen LogP contribution in [0.4, 0.5) is 5.69 Å². The summed E-state index contributed by atoms with van der Waals surface area (Å²) in [5, 5.41) is 14.1. The molecule has 0 aliphatic carbocycles. The topological polar surface area (TPSA) is 87.7 Å². The zero-order chi connectivity index (χ0) is 15.8. The molecule has 0 saturated carbocycles. The summed E-state index contributed by atoms with van der Waals surface area (Å²) < 4.78 is 5.18. The maximum Gasteiger partial charge on any atom is 0.328 e. The number of carbonyl (C=O) groups is 2. The second-order valence-corrected chi connectivity index (χ2v) is 4.40. The van der Waals surface area contributed by atoms with Crippen molar-refractivity contribution >= 4 is 41.0 Å². The third-order valence-electron chi connectivity index (χ3n) is 2.46. The Morgan fingerprint density at radius 2 is 2.14 bits per heavy atom. The number of anilines is 1. The number of carboxylic acids is 1. The smallest absolute Gasteiger partial charge is 0.328 e. The van der Waals surface area contributed by atoms with Crippen LogP contribution >= 0.6 is 12.2 Å². The molecule has 0 aliphatic rings. The van der Waals surface area contributed by atoms with Crippen molar-refractivity contribution in [1.29, 1.82) is 0 Å². The maximum atomic E-state index is 11.3. The molecule has 112 valence electrons.